The normalized spacial score (nSPS) is 18.4. The number of hydrogen-bond acceptors (Lipinski definition) is 7. The van der Waals surface area contributed by atoms with Crippen molar-refractivity contribution < 1.29 is 18.4 Å². The van der Waals surface area contributed by atoms with Crippen molar-refractivity contribution >= 4 is 17.7 Å². The van der Waals surface area contributed by atoms with Crippen molar-refractivity contribution in [2.45, 2.75) is 19.8 Å². The molecule has 0 saturated carbocycles. The molecule has 2 aromatic heterocycles. The molecule has 0 bridgehead atoms. The van der Waals surface area contributed by atoms with Crippen LogP contribution in [-0.2, 0) is 4.79 Å². The number of oxazole rings is 1. The zero-order valence-electron chi connectivity index (χ0n) is 19.6. The summed E-state index contributed by atoms with van der Waals surface area (Å²) in [6, 6.07) is 13.1. The predicted molar refractivity (Wildman–Crippen MR) is 128 cm³/mol. The van der Waals surface area contributed by atoms with E-state index < -0.39 is 0 Å². The molecule has 4 heterocycles. The Labute approximate surface area is 203 Å². The summed E-state index contributed by atoms with van der Waals surface area (Å²) >= 11 is 0. The van der Waals surface area contributed by atoms with Crippen LogP contribution in [0.25, 0.3) is 11.7 Å². The summed E-state index contributed by atoms with van der Waals surface area (Å²) in [5.41, 5.74) is 1.97. The number of aryl methyl sites for hydroxylation is 1. The third kappa shape index (κ3) is 4.64. The van der Waals surface area contributed by atoms with Crippen LogP contribution in [0.15, 0.2) is 51.5 Å². The minimum atomic E-state index is -0.199. The molecule has 5 rings (SSSR count). The van der Waals surface area contributed by atoms with Gasteiger partial charge in [-0.15, -0.1) is 0 Å². The first kappa shape index (κ1) is 22.7. The number of rotatable bonds is 4. The van der Waals surface area contributed by atoms with Gasteiger partial charge in [-0.3, -0.25) is 9.59 Å². The number of benzene rings is 1. The highest BCUT2D eigenvalue weighted by Crippen LogP contribution is 2.29. The van der Waals surface area contributed by atoms with Crippen molar-refractivity contribution in [2.24, 2.45) is 5.92 Å². The fourth-order valence-corrected chi connectivity index (χ4v) is 4.73. The molecule has 0 N–H and O–H groups in total. The highest BCUT2D eigenvalue weighted by atomic mass is 16.4. The molecule has 180 valence electrons. The lowest BCUT2D eigenvalue weighted by Gasteiger charge is -2.39. The minimum absolute atomic E-state index is 0.0194. The summed E-state index contributed by atoms with van der Waals surface area (Å²) in [4.78, 5) is 36.1. The second-order valence-corrected chi connectivity index (χ2v) is 9.03. The molecule has 2 fully saturated rings. The number of likely N-dealkylation sites (tertiary alicyclic amines) is 1. The number of piperidine rings is 1. The molecule has 2 amide bonds. The molecule has 1 unspecified atom stereocenters. The Kier molecular flexibility index (Phi) is 6.27. The van der Waals surface area contributed by atoms with E-state index in [9.17, 15) is 14.9 Å². The van der Waals surface area contributed by atoms with E-state index in [4.69, 9.17) is 8.83 Å². The lowest BCUT2D eigenvalue weighted by atomic mass is 9.95. The molecular formula is C26H27N5O4. The Balaban J connectivity index is 1.20. The van der Waals surface area contributed by atoms with Gasteiger partial charge < -0.3 is 23.5 Å². The molecule has 1 atom stereocenters. The molecular weight excluding hydrogens is 446 g/mol. The Morgan fingerprint density at radius 1 is 1.06 bits per heavy atom. The van der Waals surface area contributed by atoms with Crippen LogP contribution < -0.4 is 4.90 Å². The third-order valence-corrected chi connectivity index (χ3v) is 6.68. The molecule has 2 aliphatic heterocycles. The largest absolute Gasteiger partial charge is 0.459 e. The van der Waals surface area contributed by atoms with E-state index in [1.54, 1.807) is 17.0 Å². The summed E-state index contributed by atoms with van der Waals surface area (Å²) in [6.45, 7) is 5.21. The van der Waals surface area contributed by atoms with Gasteiger partial charge in [-0.05, 0) is 44.0 Å². The van der Waals surface area contributed by atoms with Crippen molar-refractivity contribution in [3.63, 3.8) is 0 Å². The SMILES string of the molecule is Cc1ccc(C(=O)N2CCCC(C(=O)N3CCN(c4oc(-c5ccco5)nc4C#N)CC3)C2)cc1. The van der Waals surface area contributed by atoms with E-state index in [0.717, 1.165) is 18.4 Å². The fraction of sp³-hybridized carbons (Fsp3) is 0.385. The number of furan rings is 1. The summed E-state index contributed by atoms with van der Waals surface area (Å²) in [6.07, 6.45) is 3.12. The van der Waals surface area contributed by atoms with Crippen LogP contribution in [0, 0.1) is 24.2 Å². The topological polar surface area (TPSA) is 107 Å². The molecule has 1 aromatic carbocycles. The van der Waals surface area contributed by atoms with E-state index in [0.29, 0.717) is 56.5 Å². The van der Waals surface area contributed by atoms with Gasteiger partial charge in [-0.2, -0.15) is 10.2 Å². The Morgan fingerprint density at radius 2 is 1.83 bits per heavy atom. The van der Waals surface area contributed by atoms with Crippen molar-refractivity contribution in [1.29, 1.82) is 5.26 Å². The average Bonchev–Trinajstić information content (AvgIpc) is 3.59. The first-order valence-corrected chi connectivity index (χ1v) is 11.9. The summed E-state index contributed by atoms with van der Waals surface area (Å²) < 4.78 is 11.2. The molecule has 0 aliphatic carbocycles. The second kappa shape index (κ2) is 9.66. The van der Waals surface area contributed by atoms with Gasteiger partial charge in [-0.25, -0.2) is 0 Å². The van der Waals surface area contributed by atoms with E-state index >= 15 is 0 Å². The highest BCUT2D eigenvalue weighted by Gasteiger charge is 2.34. The van der Waals surface area contributed by atoms with Crippen molar-refractivity contribution in [3.8, 4) is 17.7 Å². The van der Waals surface area contributed by atoms with Crippen LogP contribution in [0.2, 0.25) is 0 Å². The quantitative estimate of drug-likeness (QED) is 0.572. The Hall–Kier alpha value is -4.06. The third-order valence-electron chi connectivity index (χ3n) is 6.68. The number of carbonyl (C=O) groups excluding carboxylic acids is 2. The second-order valence-electron chi connectivity index (χ2n) is 9.03. The smallest absolute Gasteiger partial charge is 0.266 e. The maximum atomic E-state index is 13.3. The standard InChI is InChI=1S/C26H27N5O4/c1-18-6-8-19(9-7-18)24(32)31-10-2-4-20(17-31)25(33)29-11-13-30(14-12-29)26-21(16-27)28-23(35-26)22-5-3-15-34-22/h3,5-9,15,20H,2,4,10-14,17H2,1H3. The average molecular weight is 474 g/mol. The lowest BCUT2D eigenvalue weighted by molar-refractivity contribution is -0.137. The number of amides is 2. The number of nitrogens with zero attached hydrogens (tertiary/aromatic N) is 5. The summed E-state index contributed by atoms with van der Waals surface area (Å²) in [7, 11) is 0. The molecule has 2 aliphatic rings. The van der Waals surface area contributed by atoms with Crippen molar-refractivity contribution in [2.75, 3.05) is 44.2 Å². The monoisotopic (exact) mass is 473 g/mol. The number of carbonyl (C=O) groups is 2. The highest BCUT2D eigenvalue weighted by molar-refractivity contribution is 5.94. The van der Waals surface area contributed by atoms with Crippen LogP contribution in [0.3, 0.4) is 0 Å². The van der Waals surface area contributed by atoms with Gasteiger partial charge in [0.05, 0.1) is 12.2 Å². The van der Waals surface area contributed by atoms with Crippen LogP contribution in [-0.4, -0.2) is 65.9 Å². The maximum Gasteiger partial charge on any atom is 0.266 e. The first-order valence-electron chi connectivity index (χ1n) is 11.9. The van der Waals surface area contributed by atoms with Gasteiger partial charge in [0.1, 0.15) is 6.07 Å². The number of aromatic nitrogens is 1. The van der Waals surface area contributed by atoms with E-state index in [-0.39, 0.29) is 29.3 Å². The molecule has 0 radical (unpaired) electrons. The fourth-order valence-electron chi connectivity index (χ4n) is 4.73. The van der Waals surface area contributed by atoms with Gasteiger partial charge in [-0.1, -0.05) is 17.7 Å². The molecule has 9 nitrogen and oxygen atoms in total. The predicted octanol–water partition coefficient (Wildman–Crippen LogP) is 3.32. The minimum Gasteiger partial charge on any atom is -0.459 e. The van der Waals surface area contributed by atoms with E-state index in [1.807, 2.05) is 41.0 Å². The number of hydrogen-bond donors (Lipinski definition) is 0. The maximum absolute atomic E-state index is 13.3. The van der Waals surface area contributed by atoms with E-state index in [1.165, 1.54) is 6.26 Å². The van der Waals surface area contributed by atoms with Crippen molar-refractivity contribution in [1.82, 2.24) is 14.8 Å². The van der Waals surface area contributed by atoms with Crippen LogP contribution in [0.5, 0.6) is 0 Å². The number of piperazine rings is 1. The number of nitriles is 1. The molecule has 0 spiro atoms. The van der Waals surface area contributed by atoms with Gasteiger partial charge in [0.25, 0.3) is 11.8 Å². The summed E-state index contributed by atoms with van der Waals surface area (Å²) in [5.74, 6) is 0.993. The van der Waals surface area contributed by atoms with Gasteiger partial charge in [0.2, 0.25) is 17.5 Å². The molecule has 9 heteroatoms. The Morgan fingerprint density at radius 3 is 2.51 bits per heavy atom. The van der Waals surface area contributed by atoms with Gasteiger partial charge in [0, 0.05) is 44.8 Å². The first-order chi connectivity index (χ1) is 17.0. The van der Waals surface area contributed by atoms with Crippen LogP contribution in [0.4, 0.5) is 5.88 Å². The summed E-state index contributed by atoms with van der Waals surface area (Å²) in [5, 5.41) is 9.51. The molecule has 2 saturated heterocycles. The van der Waals surface area contributed by atoms with Crippen LogP contribution in [0.1, 0.15) is 34.5 Å². The zero-order valence-corrected chi connectivity index (χ0v) is 19.6. The van der Waals surface area contributed by atoms with E-state index in [2.05, 4.69) is 11.1 Å². The van der Waals surface area contributed by atoms with Crippen molar-refractivity contribution in [3.05, 3.63) is 59.5 Å². The van der Waals surface area contributed by atoms with Gasteiger partial charge in [0.15, 0.2) is 5.76 Å². The Bertz CT molecular complexity index is 1230. The molecule has 35 heavy (non-hydrogen) atoms. The van der Waals surface area contributed by atoms with Gasteiger partial charge >= 0.3 is 0 Å². The molecule has 3 aromatic rings. The lowest BCUT2D eigenvalue weighted by Crippen LogP contribution is -2.53. The number of anilines is 1. The zero-order chi connectivity index (χ0) is 24.4. The van der Waals surface area contributed by atoms with Crippen LogP contribution >= 0.6 is 0 Å².